The van der Waals surface area contributed by atoms with Gasteiger partial charge in [-0.2, -0.15) is 12.6 Å². The molecule has 0 radical (unpaired) electrons. The maximum Gasteiger partial charge on any atom is 0.0777 e. The number of unbranched alkanes of at least 4 members (excludes halogenated alkanes) is 1. The van der Waals surface area contributed by atoms with Gasteiger partial charge in [0.25, 0.3) is 0 Å². The summed E-state index contributed by atoms with van der Waals surface area (Å²) >= 11 is 4.23. The topological polar surface area (TPSA) is 12.5 Å². The zero-order valence-electron chi connectivity index (χ0n) is 9.46. The molecule has 1 atom stereocenters. The van der Waals surface area contributed by atoms with Gasteiger partial charge in [0.05, 0.1) is 5.60 Å². The summed E-state index contributed by atoms with van der Waals surface area (Å²) in [5.41, 5.74) is 0.0964. The van der Waals surface area contributed by atoms with Crippen molar-refractivity contribution >= 4 is 12.6 Å². The van der Waals surface area contributed by atoms with E-state index in [1.807, 2.05) is 7.11 Å². The SMILES string of the molecule is COC1(C)CCCN(CCCCS)C1. The fraction of sp³-hybridized carbons (Fsp3) is 1.00. The summed E-state index contributed by atoms with van der Waals surface area (Å²) in [6.07, 6.45) is 4.96. The highest BCUT2D eigenvalue weighted by Gasteiger charge is 2.30. The normalized spacial score (nSPS) is 29.4. The van der Waals surface area contributed by atoms with Crippen molar-refractivity contribution in [3.05, 3.63) is 0 Å². The Morgan fingerprint density at radius 1 is 1.43 bits per heavy atom. The van der Waals surface area contributed by atoms with Crippen LogP contribution in [0.5, 0.6) is 0 Å². The minimum atomic E-state index is 0.0964. The van der Waals surface area contributed by atoms with Crippen LogP contribution in [-0.2, 0) is 4.74 Å². The van der Waals surface area contributed by atoms with Crippen LogP contribution in [0, 0.1) is 0 Å². The molecule has 1 unspecified atom stereocenters. The van der Waals surface area contributed by atoms with E-state index in [0.29, 0.717) is 0 Å². The van der Waals surface area contributed by atoms with E-state index < -0.39 is 0 Å². The van der Waals surface area contributed by atoms with Gasteiger partial charge in [-0.3, -0.25) is 0 Å². The molecule has 0 N–H and O–H groups in total. The van der Waals surface area contributed by atoms with E-state index in [-0.39, 0.29) is 5.60 Å². The van der Waals surface area contributed by atoms with Crippen molar-refractivity contribution in [2.75, 3.05) is 32.5 Å². The number of likely N-dealkylation sites (tertiary alicyclic amines) is 1. The summed E-state index contributed by atoms with van der Waals surface area (Å²) in [5.74, 6) is 1.01. The monoisotopic (exact) mass is 217 g/mol. The molecule has 1 aliphatic rings. The summed E-state index contributed by atoms with van der Waals surface area (Å²) in [5, 5.41) is 0. The van der Waals surface area contributed by atoms with Gasteiger partial charge in [-0.05, 0) is 51.4 Å². The number of hydrogen-bond donors (Lipinski definition) is 1. The number of rotatable bonds is 5. The van der Waals surface area contributed by atoms with Crippen LogP contribution in [0.1, 0.15) is 32.6 Å². The van der Waals surface area contributed by atoms with E-state index in [1.165, 1.54) is 38.8 Å². The molecule has 0 aromatic carbocycles. The van der Waals surface area contributed by atoms with Crippen molar-refractivity contribution in [2.24, 2.45) is 0 Å². The number of piperidine rings is 1. The Bertz CT molecular complexity index is 165. The Morgan fingerprint density at radius 3 is 2.86 bits per heavy atom. The highest BCUT2D eigenvalue weighted by atomic mass is 32.1. The molecule has 0 bridgehead atoms. The predicted molar refractivity (Wildman–Crippen MR) is 64.2 cm³/mol. The zero-order chi connectivity index (χ0) is 10.4. The van der Waals surface area contributed by atoms with Gasteiger partial charge in [0.1, 0.15) is 0 Å². The second-order valence-electron chi connectivity index (χ2n) is 4.46. The van der Waals surface area contributed by atoms with Crippen molar-refractivity contribution in [1.82, 2.24) is 4.90 Å². The van der Waals surface area contributed by atoms with Crippen molar-refractivity contribution in [2.45, 2.75) is 38.2 Å². The number of hydrogen-bond acceptors (Lipinski definition) is 3. The molecule has 0 amide bonds. The lowest BCUT2D eigenvalue weighted by atomic mass is 9.94. The van der Waals surface area contributed by atoms with Crippen LogP contribution in [0.2, 0.25) is 0 Å². The van der Waals surface area contributed by atoms with Crippen LogP contribution in [-0.4, -0.2) is 43.0 Å². The third kappa shape index (κ3) is 3.79. The van der Waals surface area contributed by atoms with Gasteiger partial charge in [-0.1, -0.05) is 0 Å². The molecule has 1 saturated heterocycles. The molecule has 1 heterocycles. The Labute approximate surface area is 93.4 Å². The molecule has 1 rings (SSSR count). The van der Waals surface area contributed by atoms with Gasteiger partial charge in [-0.15, -0.1) is 0 Å². The number of ether oxygens (including phenoxy) is 1. The van der Waals surface area contributed by atoms with E-state index in [9.17, 15) is 0 Å². The van der Waals surface area contributed by atoms with Crippen molar-refractivity contribution in [3.8, 4) is 0 Å². The molecule has 84 valence electrons. The smallest absolute Gasteiger partial charge is 0.0777 e. The van der Waals surface area contributed by atoms with Gasteiger partial charge in [0.15, 0.2) is 0 Å². The Balaban J connectivity index is 2.25. The lowest BCUT2D eigenvalue weighted by Crippen LogP contribution is -2.47. The molecule has 0 saturated carbocycles. The summed E-state index contributed by atoms with van der Waals surface area (Å²) < 4.78 is 5.56. The quantitative estimate of drug-likeness (QED) is 0.560. The molecule has 0 aliphatic carbocycles. The van der Waals surface area contributed by atoms with Gasteiger partial charge in [0.2, 0.25) is 0 Å². The number of thiol groups is 1. The van der Waals surface area contributed by atoms with E-state index in [0.717, 1.165) is 12.3 Å². The first-order valence-corrected chi connectivity index (χ1v) is 6.22. The fourth-order valence-electron chi connectivity index (χ4n) is 2.11. The minimum Gasteiger partial charge on any atom is -0.377 e. The summed E-state index contributed by atoms with van der Waals surface area (Å²) in [4.78, 5) is 2.52. The van der Waals surface area contributed by atoms with Gasteiger partial charge < -0.3 is 9.64 Å². The molecule has 0 spiro atoms. The first kappa shape index (κ1) is 12.3. The van der Waals surface area contributed by atoms with Crippen LogP contribution in [0.4, 0.5) is 0 Å². The highest BCUT2D eigenvalue weighted by molar-refractivity contribution is 7.80. The summed E-state index contributed by atoms with van der Waals surface area (Å²) in [6, 6.07) is 0. The van der Waals surface area contributed by atoms with Crippen molar-refractivity contribution < 1.29 is 4.74 Å². The van der Waals surface area contributed by atoms with Gasteiger partial charge in [-0.25, -0.2) is 0 Å². The molecule has 0 aromatic heterocycles. The highest BCUT2D eigenvalue weighted by Crippen LogP contribution is 2.23. The molecule has 14 heavy (non-hydrogen) atoms. The molecular formula is C11H23NOS. The molecule has 0 aromatic rings. The average Bonchev–Trinajstić information content (AvgIpc) is 2.19. The molecule has 2 nitrogen and oxygen atoms in total. The maximum absolute atomic E-state index is 5.56. The van der Waals surface area contributed by atoms with Gasteiger partial charge in [0, 0.05) is 13.7 Å². The van der Waals surface area contributed by atoms with E-state index in [4.69, 9.17) is 4.74 Å². The minimum absolute atomic E-state index is 0.0964. The summed E-state index contributed by atoms with van der Waals surface area (Å²) in [6.45, 7) is 5.76. The van der Waals surface area contributed by atoms with Crippen LogP contribution < -0.4 is 0 Å². The maximum atomic E-state index is 5.56. The van der Waals surface area contributed by atoms with E-state index in [2.05, 4.69) is 24.5 Å². The lowest BCUT2D eigenvalue weighted by molar-refractivity contribution is -0.0507. The van der Waals surface area contributed by atoms with Crippen molar-refractivity contribution in [1.29, 1.82) is 0 Å². The molecular weight excluding hydrogens is 194 g/mol. The Kier molecular flexibility index (Phi) is 5.28. The first-order valence-electron chi connectivity index (χ1n) is 5.58. The van der Waals surface area contributed by atoms with E-state index >= 15 is 0 Å². The van der Waals surface area contributed by atoms with Crippen LogP contribution in [0.15, 0.2) is 0 Å². The zero-order valence-corrected chi connectivity index (χ0v) is 10.4. The third-order valence-electron chi connectivity index (χ3n) is 3.11. The standard InChI is InChI=1S/C11H23NOS/c1-11(13-2)6-5-8-12(10-11)7-3-4-9-14/h14H,3-10H2,1-2H3. The number of nitrogens with zero attached hydrogens (tertiary/aromatic N) is 1. The summed E-state index contributed by atoms with van der Waals surface area (Å²) in [7, 11) is 1.83. The lowest BCUT2D eigenvalue weighted by Gasteiger charge is -2.39. The number of methoxy groups -OCH3 is 1. The van der Waals surface area contributed by atoms with Crippen LogP contribution >= 0.6 is 12.6 Å². The molecule has 1 fully saturated rings. The van der Waals surface area contributed by atoms with Gasteiger partial charge >= 0.3 is 0 Å². The largest absolute Gasteiger partial charge is 0.377 e. The Hall–Kier alpha value is 0.270. The fourth-order valence-corrected chi connectivity index (χ4v) is 2.34. The average molecular weight is 217 g/mol. The third-order valence-corrected chi connectivity index (χ3v) is 3.43. The van der Waals surface area contributed by atoms with E-state index in [1.54, 1.807) is 0 Å². The first-order chi connectivity index (χ1) is 6.70. The second-order valence-corrected chi connectivity index (χ2v) is 4.91. The molecule has 1 aliphatic heterocycles. The van der Waals surface area contributed by atoms with Crippen LogP contribution in [0.3, 0.4) is 0 Å². The van der Waals surface area contributed by atoms with Crippen molar-refractivity contribution in [3.63, 3.8) is 0 Å². The predicted octanol–water partition coefficient (Wildman–Crippen LogP) is 2.20. The molecule has 3 heteroatoms. The second kappa shape index (κ2) is 5.99. The van der Waals surface area contributed by atoms with Crippen LogP contribution in [0.25, 0.3) is 0 Å². The Morgan fingerprint density at radius 2 is 2.21 bits per heavy atom.